The summed E-state index contributed by atoms with van der Waals surface area (Å²) in [5.41, 5.74) is 0. The lowest BCUT2D eigenvalue weighted by Gasteiger charge is -2.28. The van der Waals surface area contributed by atoms with E-state index in [0.717, 1.165) is 0 Å². The van der Waals surface area contributed by atoms with Gasteiger partial charge in [-0.05, 0) is 27.7 Å². The molecule has 1 saturated heterocycles. The number of ketones is 4. The molecule has 0 aliphatic carbocycles. The van der Waals surface area contributed by atoms with Gasteiger partial charge in [-0.3, -0.25) is 19.2 Å². The van der Waals surface area contributed by atoms with Crippen molar-refractivity contribution in [2.75, 3.05) is 26.2 Å². The summed E-state index contributed by atoms with van der Waals surface area (Å²) < 4.78 is 0. The van der Waals surface area contributed by atoms with Gasteiger partial charge < -0.3 is 21.3 Å². The average molecular weight is 340 g/mol. The second-order valence-electron chi connectivity index (χ2n) is 6.29. The Morgan fingerprint density at radius 3 is 0.792 bits per heavy atom. The Balaban J connectivity index is 2.92. The summed E-state index contributed by atoms with van der Waals surface area (Å²) >= 11 is 0. The van der Waals surface area contributed by atoms with Crippen LogP contribution in [0.25, 0.3) is 0 Å². The fourth-order valence-electron chi connectivity index (χ4n) is 2.48. The van der Waals surface area contributed by atoms with Gasteiger partial charge in [0, 0.05) is 26.2 Å². The van der Waals surface area contributed by atoms with Crippen molar-refractivity contribution in [3.05, 3.63) is 0 Å². The Morgan fingerprint density at radius 2 is 0.667 bits per heavy atom. The third-order valence-corrected chi connectivity index (χ3v) is 4.24. The van der Waals surface area contributed by atoms with E-state index in [9.17, 15) is 19.2 Å². The van der Waals surface area contributed by atoms with Gasteiger partial charge in [-0.2, -0.15) is 0 Å². The molecule has 0 saturated carbocycles. The molecule has 1 rings (SSSR count). The van der Waals surface area contributed by atoms with Gasteiger partial charge in [-0.1, -0.05) is 0 Å². The van der Waals surface area contributed by atoms with Crippen LogP contribution in [0.3, 0.4) is 0 Å². The molecule has 1 aliphatic heterocycles. The zero-order valence-electron chi connectivity index (χ0n) is 14.8. The Hall–Kier alpha value is -1.48. The van der Waals surface area contributed by atoms with Gasteiger partial charge in [0.2, 0.25) is 0 Å². The van der Waals surface area contributed by atoms with Crippen LogP contribution in [0.5, 0.6) is 0 Å². The molecular weight excluding hydrogens is 312 g/mol. The molecule has 0 amide bonds. The largest absolute Gasteiger partial charge is 0.304 e. The molecule has 1 fully saturated rings. The number of Topliss-reactive ketones (excluding diaryl/α,β-unsaturated/α-hetero) is 4. The van der Waals surface area contributed by atoms with Gasteiger partial charge in [-0.25, -0.2) is 0 Å². The van der Waals surface area contributed by atoms with Crippen LogP contribution in [0.1, 0.15) is 27.7 Å². The molecule has 8 heteroatoms. The smallest absolute Gasteiger partial charge is 0.147 e. The van der Waals surface area contributed by atoms with E-state index in [1.165, 1.54) is 27.7 Å². The summed E-state index contributed by atoms with van der Waals surface area (Å²) in [7, 11) is 0. The lowest BCUT2D eigenvalue weighted by Crippen LogP contribution is -2.58. The second-order valence-corrected chi connectivity index (χ2v) is 6.29. The van der Waals surface area contributed by atoms with Gasteiger partial charge in [0.1, 0.15) is 23.1 Å². The number of nitrogens with one attached hydrogen (secondary N) is 4. The molecule has 1 heterocycles. The quantitative estimate of drug-likeness (QED) is 0.473. The number of rotatable bonds is 4. The number of hydrogen-bond acceptors (Lipinski definition) is 8. The van der Waals surface area contributed by atoms with E-state index in [-0.39, 0.29) is 49.3 Å². The Labute approximate surface area is 142 Å². The van der Waals surface area contributed by atoms with E-state index in [4.69, 9.17) is 0 Å². The molecule has 24 heavy (non-hydrogen) atoms. The maximum Gasteiger partial charge on any atom is 0.147 e. The van der Waals surface area contributed by atoms with Gasteiger partial charge in [-0.15, -0.1) is 0 Å². The lowest BCUT2D eigenvalue weighted by atomic mass is 10.1. The number of hydrogen-bond donors (Lipinski definition) is 4. The van der Waals surface area contributed by atoms with E-state index in [1.54, 1.807) is 0 Å². The van der Waals surface area contributed by atoms with Crippen molar-refractivity contribution in [2.24, 2.45) is 0 Å². The minimum atomic E-state index is -0.487. The summed E-state index contributed by atoms with van der Waals surface area (Å²) in [6.07, 6.45) is 0. The van der Waals surface area contributed by atoms with Crippen molar-refractivity contribution in [2.45, 2.75) is 51.9 Å². The Bertz CT molecular complexity index is 390. The Morgan fingerprint density at radius 1 is 0.500 bits per heavy atom. The molecule has 136 valence electrons. The highest BCUT2D eigenvalue weighted by Gasteiger charge is 2.25. The van der Waals surface area contributed by atoms with Gasteiger partial charge in [0.05, 0.1) is 24.2 Å². The van der Waals surface area contributed by atoms with Crippen LogP contribution >= 0.6 is 0 Å². The molecule has 1 aliphatic rings. The second kappa shape index (κ2) is 9.73. The van der Waals surface area contributed by atoms with Crippen LogP contribution in [0.15, 0.2) is 0 Å². The average Bonchev–Trinajstić information content (AvgIpc) is 2.46. The van der Waals surface area contributed by atoms with Crippen LogP contribution in [-0.2, 0) is 19.2 Å². The van der Waals surface area contributed by atoms with Crippen LogP contribution in [-0.4, -0.2) is 73.5 Å². The minimum Gasteiger partial charge on any atom is -0.304 e. The topological polar surface area (TPSA) is 116 Å². The maximum absolute atomic E-state index is 11.8. The predicted octanol–water partition coefficient (Wildman–Crippen LogP) is -1.81. The first-order valence-electron chi connectivity index (χ1n) is 8.17. The molecule has 0 spiro atoms. The standard InChI is InChI=1S/C16H28N4O4/c1-9(21)13-5-18-15(11(3)23)7-20-16(12(4)24)8-19-14(6-17-13)10(2)22/h13-20H,5-8H2,1-4H3. The number of carbonyl (C=O) groups excluding carboxylic acids is 4. The molecule has 4 unspecified atom stereocenters. The van der Waals surface area contributed by atoms with E-state index in [2.05, 4.69) is 21.3 Å². The molecule has 0 bridgehead atoms. The van der Waals surface area contributed by atoms with E-state index < -0.39 is 24.2 Å². The molecule has 4 atom stereocenters. The first-order valence-corrected chi connectivity index (χ1v) is 8.17. The minimum absolute atomic E-state index is 0.0706. The molecule has 0 aromatic heterocycles. The lowest BCUT2D eigenvalue weighted by molar-refractivity contribution is -0.122. The predicted molar refractivity (Wildman–Crippen MR) is 89.9 cm³/mol. The van der Waals surface area contributed by atoms with Crippen molar-refractivity contribution in [1.82, 2.24) is 21.3 Å². The summed E-state index contributed by atoms with van der Waals surface area (Å²) in [4.78, 5) is 47.0. The third kappa shape index (κ3) is 6.56. The van der Waals surface area contributed by atoms with Crippen molar-refractivity contribution < 1.29 is 19.2 Å². The first kappa shape index (κ1) is 20.6. The third-order valence-electron chi connectivity index (χ3n) is 4.24. The zero-order valence-corrected chi connectivity index (χ0v) is 14.8. The molecule has 4 N–H and O–H groups in total. The van der Waals surface area contributed by atoms with Crippen LogP contribution in [0.4, 0.5) is 0 Å². The van der Waals surface area contributed by atoms with E-state index in [0.29, 0.717) is 0 Å². The Kier molecular flexibility index (Phi) is 8.34. The highest BCUT2D eigenvalue weighted by Crippen LogP contribution is 1.96. The molecule has 0 aromatic rings. The van der Waals surface area contributed by atoms with Crippen molar-refractivity contribution in [3.8, 4) is 0 Å². The number of carbonyl (C=O) groups is 4. The fourth-order valence-corrected chi connectivity index (χ4v) is 2.48. The molecule has 8 nitrogen and oxygen atoms in total. The van der Waals surface area contributed by atoms with Crippen LogP contribution in [0, 0.1) is 0 Å². The summed E-state index contributed by atoms with van der Waals surface area (Å²) in [6.45, 7) is 6.96. The first-order chi connectivity index (χ1) is 11.2. The summed E-state index contributed by atoms with van der Waals surface area (Å²) in [6, 6.07) is -1.95. The van der Waals surface area contributed by atoms with Gasteiger partial charge in [0.25, 0.3) is 0 Å². The maximum atomic E-state index is 11.8. The van der Waals surface area contributed by atoms with Crippen molar-refractivity contribution in [1.29, 1.82) is 0 Å². The summed E-state index contributed by atoms with van der Waals surface area (Å²) in [5.74, 6) is -0.282. The summed E-state index contributed by atoms with van der Waals surface area (Å²) in [5, 5.41) is 12.2. The highest BCUT2D eigenvalue weighted by molar-refractivity contribution is 5.85. The van der Waals surface area contributed by atoms with Gasteiger partial charge >= 0.3 is 0 Å². The van der Waals surface area contributed by atoms with Crippen molar-refractivity contribution in [3.63, 3.8) is 0 Å². The van der Waals surface area contributed by atoms with E-state index >= 15 is 0 Å². The highest BCUT2D eigenvalue weighted by atomic mass is 16.1. The van der Waals surface area contributed by atoms with Crippen LogP contribution in [0.2, 0.25) is 0 Å². The molecular formula is C16H28N4O4. The monoisotopic (exact) mass is 340 g/mol. The van der Waals surface area contributed by atoms with Crippen molar-refractivity contribution >= 4 is 23.1 Å². The normalized spacial score (nSPS) is 29.8. The SMILES string of the molecule is CC(=O)C1CNC(C(C)=O)CNC(C(C)=O)CNC(C(C)=O)CN1. The molecule has 0 radical (unpaired) electrons. The van der Waals surface area contributed by atoms with Crippen LogP contribution < -0.4 is 21.3 Å². The zero-order chi connectivity index (χ0) is 18.3. The molecule has 0 aromatic carbocycles. The fraction of sp³-hybridized carbons (Fsp3) is 0.750. The van der Waals surface area contributed by atoms with E-state index in [1.807, 2.05) is 0 Å². The van der Waals surface area contributed by atoms with Gasteiger partial charge in [0.15, 0.2) is 0 Å².